The molecule has 2 aromatic rings. The minimum absolute atomic E-state index is 0.0637. The van der Waals surface area contributed by atoms with Crippen LogP contribution in [0.3, 0.4) is 0 Å². The first-order valence-corrected chi connectivity index (χ1v) is 6.85. The van der Waals surface area contributed by atoms with Crippen molar-refractivity contribution in [2.75, 3.05) is 6.54 Å². The number of fused-ring (bicyclic) bond motifs is 1. The van der Waals surface area contributed by atoms with E-state index < -0.39 is 0 Å². The van der Waals surface area contributed by atoms with Crippen molar-refractivity contribution in [3.05, 3.63) is 40.5 Å². The van der Waals surface area contributed by atoms with Gasteiger partial charge < -0.3 is 5.32 Å². The summed E-state index contributed by atoms with van der Waals surface area (Å²) in [6.07, 6.45) is 2.04. The number of para-hydroxylation sites is 1. The summed E-state index contributed by atoms with van der Waals surface area (Å²) in [4.78, 5) is 16.6. The lowest BCUT2D eigenvalue weighted by Gasteiger charge is -2.09. The fourth-order valence-electron chi connectivity index (χ4n) is 2.00. The van der Waals surface area contributed by atoms with E-state index in [1.807, 2.05) is 19.1 Å². The first-order valence-electron chi connectivity index (χ1n) is 6.47. The number of pyridine rings is 1. The monoisotopic (exact) mass is 276 g/mol. The second kappa shape index (κ2) is 6.02. The van der Waals surface area contributed by atoms with Gasteiger partial charge in [0.25, 0.3) is 5.91 Å². The third-order valence-corrected chi connectivity index (χ3v) is 3.28. The minimum Gasteiger partial charge on any atom is -0.352 e. The summed E-state index contributed by atoms with van der Waals surface area (Å²) >= 11 is 6.14. The number of nitrogens with one attached hydrogen (secondary N) is 1. The fraction of sp³-hybridized carbons (Fsp3) is 0.333. The lowest BCUT2D eigenvalue weighted by molar-refractivity contribution is 0.0954. The van der Waals surface area contributed by atoms with Crippen molar-refractivity contribution in [2.45, 2.75) is 26.7 Å². The Kier molecular flexibility index (Phi) is 4.38. The van der Waals surface area contributed by atoms with E-state index in [1.54, 1.807) is 12.1 Å². The Hall–Kier alpha value is -1.61. The van der Waals surface area contributed by atoms with Gasteiger partial charge in [-0.2, -0.15) is 0 Å². The number of carbonyl (C=O) groups is 1. The maximum atomic E-state index is 12.2. The molecular weight excluding hydrogens is 260 g/mol. The number of hydrogen-bond acceptors (Lipinski definition) is 2. The molecule has 1 aromatic carbocycles. The molecule has 0 radical (unpaired) electrons. The molecule has 2 rings (SSSR count). The summed E-state index contributed by atoms with van der Waals surface area (Å²) in [5.74, 6) is -0.0637. The molecule has 0 saturated carbocycles. The maximum absolute atomic E-state index is 12.2. The molecule has 0 unspecified atom stereocenters. The molecule has 1 heterocycles. The van der Waals surface area contributed by atoms with Gasteiger partial charge in [0.1, 0.15) is 0 Å². The molecule has 100 valence electrons. The average molecular weight is 277 g/mol. The molecular formula is C15H17ClN2O. The second-order valence-electron chi connectivity index (χ2n) is 4.56. The summed E-state index contributed by atoms with van der Waals surface area (Å²) < 4.78 is 0. The number of benzene rings is 1. The molecule has 1 N–H and O–H groups in total. The van der Waals surface area contributed by atoms with Crippen LogP contribution >= 0.6 is 11.6 Å². The summed E-state index contributed by atoms with van der Waals surface area (Å²) in [6.45, 7) is 4.66. The Morgan fingerprint density at radius 3 is 2.95 bits per heavy atom. The van der Waals surface area contributed by atoms with Crippen molar-refractivity contribution in [1.82, 2.24) is 10.3 Å². The highest BCUT2D eigenvalue weighted by atomic mass is 35.5. The molecule has 0 aliphatic heterocycles. The predicted molar refractivity (Wildman–Crippen MR) is 78.7 cm³/mol. The van der Waals surface area contributed by atoms with Crippen molar-refractivity contribution in [3.8, 4) is 0 Å². The number of halogens is 1. The van der Waals surface area contributed by atoms with Crippen LogP contribution in [0.4, 0.5) is 0 Å². The van der Waals surface area contributed by atoms with Crippen LogP contribution in [0.2, 0.25) is 5.02 Å². The van der Waals surface area contributed by atoms with Crippen LogP contribution in [0.1, 0.15) is 35.8 Å². The first-order chi connectivity index (χ1) is 9.13. The highest BCUT2D eigenvalue weighted by Gasteiger charge is 2.12. The predicted octanol–water partition coefficient (Wildman–Crippen LogP) is 3.73. The molecule has 19 heavy (non-hydrogen) atoms. The molecule has 1 amide bonds. The van der Waals surface area contributed by atoms with Crippen LogP contribution in [-0.2, 0) is 0 Å². The molecule has 4 heteroatoms. The van der Waals surface area contributed by atoms with E-state index >= 15 is 0 Å². The van der Waals surface area contributed by atoms with E-state index in [0.717, 1.165) is 23.9 Å². The molecule has 0 spiro atoms. The van der Waals surface area contributed by atoms with E-state index in [1.165, 1.54) is 0 Å². The molecule has 0 saturated heterocycles. The molecule has 3 nitrogen and oxygen atoms in total. The summed E-state index contributed by atoms with van der Waals surface area (Å²) in [5.41, 5.74) is 2.12. The number of aromatic nitrogens is 1. The van der Waals surface area contributed by atoms with Gasteiger partial charge in [-0.1, -0.05) is 37.1 Å². The van der Waals surface area contributed by atoms with Gasteiger partial charge in [-0.3, -0.25) is 9.78 Å². The second-order valence-corrected chi connectivity index (χ2v) is 4.96. The minimum atomic E-state index is -0.0637. The topological polar surface area (TPSA) is 42.0 Å². The maximum Gasteiger partial charge on any atom is 0.252 e. The molecule has 0 aliphatic carbocycles. The highest BCUT2D eigenvalue weighted by Crippen LogP contribution is 2.25. The standard InChI is InChI=1S/C15H17ClN2O/c1-3-4-8-17-15(19)12-9-10(2)18-14-11(12)6-5-7-13(14)16/h5-7,9H,3-4,8H2,1-2H3,(H,17,19). The Bertz CT molecular complexity index is 610. The summed E-state index contributed by atoms with van der Waals surface area (Å²) in [7, 11) is 0. The van der Waals surface area contributed by atoms with Crippen molar-refractivity contribution >= 4 is 28.4 Å². The smallest absolute Gasteiger partial charge is 0.252 e. The van der Waals surface area contributed by atoms with Crippen LogP contribution in [0.25, 0.3) is 10.9 Å². The van der Waals surface area contributed by atoms with E-state index in [0.29, 0.717) is 22.6 Å². The van der Waals surface area contributed by atoms with Crippen LogP contribution in [0.15, 0.2) is 24.3 Å². The molecule has 1 aromatic heterocycles. The third kappa shape index (κ3) is 3.04. The van der Waals surface area contributed by atoms with Gasteiger partial charge in [-0.25, -0.2) is 0 Å². The Morgan fingerprint density at radius 1 is 1.42 bits per heavy atom. The van der Waals surface area contributed by atoms with Crippen molar-refractivity contribution < 1.29 is 4.79 Å². The lowest BCUT2D eigenvalue weighted by Crippen LogP contribution is -2.24. The van der Waals surface area contributed by atoms with Crippen LogP contribution in [-0.4, -0.2) is 17.4 Å². The van der Waals surface area contributed by atoms with Gasteiger partial charge >= 0.3 is 0 Å². The quantitative estimate of drug-likeness (QED) is 0.865. The van der Waals surface area contributed by atoms with Gasteiger partial charge in [0, 0.05) is 17.6 Å². The zero-order valence-electron chi connectivity index (χ0n) is 11.2. The van der Waals surface area contributed by atoms with E-state index in [4.69, 9.17) is 11.6 Å². The third-order valence-electron chi connectivity index (χ3n) is 2.98. The Morgan fingerprint density at radius 2 is 2.21 bits per heavy atom. The van der Waals surface area contributed by atoms with Crippen molar-refractivity contribution in [1.29, 1.82) is 0 Å². The van der Waals surface area contributed by atoms with Gasteiger partial charge in [-0.05, 0) is 25.5 Å². The van der Waals surface area contributed by atoms with Crippen molar-refractivity contribution in [3.63, 3.8) is 0 Å². The summed E-state index contributed by atoms with van der Waals surface area (Å²) in [5, 5.41) is 4.30. The Labute approximate surface area is 118 Å². The molecule has 0 fully saturated rings. The number of aryl methyl sites for hydroxylation is 1. The number of hydrogen-bond donors (Lipinski definition) is 1. The number of unbranched alkanes of at least 4 members (excludes halogenated alkanes) is 1. The van der Waals surface area contributed by atoms with Crippen molar-refractivity contribution in [2.24, 2.45) is 0 Å². The number of nitrogens with zero attached hydrogens (tertiary/aromatic N) is 1. The van der Waals surface area contributed by atoms with E-state index in [9.17, 15) is 4.79 Å². The number of carbonyl (C=O) groups excluding carboxylic acids is 1. The average Bonchev–Trinajstić information content (AvgIpc) is 2.39. The lowest BCUT2D eigenvalue weighted by atomic mass is 10.1. The zero-order valence-corrected chi connectivity index (χ0v) is 11.9. The van der Waals surface area contributed by atoms with Gasteiger partial charge in [-0.15, -0.1) is 0 Å². The van der Waals surface area contributed by atoms with Crippen LogP contribution in [0, 0.1) is 6.92 Å². The van der Waals surface area contributed by atoms with Crippen LogP contribution < -0.4 is 5.32 Å². The molecule has 0 atom stereocenters. The first kappa shape index (κ1) is 13.8. The SMILES string of the molecule is CCCCNC(=O)c1cc(C)nc2c(Cl)cccc12. The van der Waals surface area contributed by atoms with Gasteiger partial charge in [0.2, 0.25) is 0 Å². The van der Waals surface area contributed by atoms with E-state index in [2.05, 4.69) is 17.2 Å². The fourth-order valence-corrected chi connectivity index (χ4v) is 2.22. The molecule has 0 bridgehead atoms. The zero-order chi connectivity index (χ0) is 13.8. The van der Waals surface area contributed by atoms with Gasteiger partial charge in [0.15, 0.2) is 0 Å². The van der Waals surface area contributed by atoms with Gasteiger partial charge in [0.05, 0.1) is 16.1 Å². The summed E-state index contributed by atoms with van der Waals surface area (Å²) in [6, 6.07) is 7.31. The number of rotatable bonds is 4. The number of amides is 1. The normalized spacial score (nSPS) is 10.7. The Balaban J connectivity index is 2.42. The van der Waals surface area contributed by atoms with E-state index in [-0.39, 0.29) is 5.91 Å². The largest absolute Gasteiger partial charge is 0.352 e. The van der Waals surface area contributed by atoms with Crippen LogP contribution in [0.5, 0.6) is 0 Å². The molecule has 0 aliphatic rings. The highest BCUT2D eigenvalue weighted by molar-refractivity contribution is 6.35.